The Morgan fingerprint density at radius 1 is 1.15 bits per heavy atom. The van der Waals surface area contributed by atoms with E-state index in [0.717, 1.165) is 24.2 Å². The molecule has 1 atom stereocenters. The van der Waals surface area contributed by atoms with Gasteiger partial charge in [-0.3, -0.25) is 0 Å². The van der Waals surface area contributed by atoms with Crippen molar-refractivity contribution in [3.05, 3.63) is 63.2 Å². The summed E-state index contributed by atoms with van der Waals surface area (Å²) >= 11 is 2.30. The molecule has 100 valence electrons. The van der Waals surface area contributed by atoms with Gasteiger partial charge in [0.1, 0.15) is 5.75 Å². The Morgan fingerprint density at radius 2 is 1.90 bits per heavy atom. The number of hydrogen-bond donors (Lipinski definition) is 0. The number of benzene rings is 2. The average Bonchev–Trinajstić information content (AvgIpc) is 2.50. The number of hydrogen-bond acceptors (Lipinski definition) is 2. The molecule has 0 radical (unpaired) electrons. The Labute approximate surface area is 132 Å². The first-order chi connectivity index (χ1) is 9.73. The molecule has 0 bridgehead atoms. The highest BCUT2D eigenvalue weighted by Crippen LogP contribution is 2.40. The highest BCUT2D eigenvalue weighted by molar-refractivity contribution is 14.1. The second kappa shape index (κ2) is 5.45. The van der Waals surface area contributed by atoms with E-state index in [1.165, 1.54) is 9.13 Å². The number of nitriles is 1. The van der Waals surface area contributed by atoms with Gasteiger partial charge in [-0.15, -0.1) is 0 Å². The predicted molar refractivity (Wildman–Crippen MR) is 86.7 cm³/mol. The van der Waals surface area contributed by atoms with Gasteiger partial charge < -0.3 is 4.74 Å². The first-order valence-electron chi connectivity index (χ1n) is 6.61. The van der Waals surface area contributed by atoms with E-state index >= 15 is 0 Å². The molecule has 0 amide bonds. The lowest BCUT2D eigenvalue weighted by Crippen LogP contribution is -2.33. The Hall–Kier alpha value is -1.54. The molecule has 0 aromatic heterocycles. The maximum Gasteiger partial charge on any atom is 0.124 e. The highest BCUT2D eigenvalue weighted by atomic mass is 127. The van der Waals surface area contributed by atoms with Crippen LogP contribution in [0.25, 0.3) is 0 Å². The highest BCUT2D eigenvalue weighted by Gasteiger charge is 2.38. The summed E-state index contributed by atoms with van der Waals surface area (Å²) in [6.45, 7) is 0.606. The molecule has 1 aliphatic heterocycles. The van der Waals surface area contributed by atoms with E-state index in [0.29, 0.717) is 6.61 Å². The minimum absolute atomic E-state index is 0.471. The molecule has 3 heteroatoms. The maximum absolute atomic E-state index is 9.80. The first-order valence-corrected chi connectivity index (χ1v) is 7.69. The van der Waals surface area contributed by atoms with Gasteiger partial charge >= 0.3 is 0 Å². The summed E-state index contributed by atoms with van der Waals surface area (Å²) in [4.78, 5) is 0. The molecule has 2 aromatic rings. The molecular formula is C17H14INO. The molecule has 20 heavy (non-hydrogen) atoms. The Bertz CT molecular complexity index is 659. The lowest BCUT2D eigenvalue weighted by molar-refractivity contribution is 0.241. The zero-order valence-corrected chi connectivity index (χ0v) is 13.1. The quantitative estimate of drug-likeness (QED) is 0.742. The number of halogens is 1. The van der Waals surface area contributed by atoms with Crippen molar-refractivity contribution in [2.45, 2.75) is 18.3 Å². The normalized spacial score (nSPS) is 20.6. The first kappa shape index (κ1) is 13.4. The van der Waals surface area contributed by atoms with Crippen LogP contribution < -0.4 is 4.74 Å². The summed E-state index contributed by atoms with van der Waals surface area (Å²) in [5.41, 5.74) is 1.75. The van der Waals surface area contributed by atoms with Gasteiger partial charge in [0.15, 0.2) is 0 Å². The third-order valence-corrected chi connectivity index (χ3v) is 4.54. The lowest BCUT2D eigenvalue weighted by atomic mass is 9.73. The van der Waals surface area contributed by atoms with Crippen molar-refractivity contribution in [1.29, 1.82) is 5.26 Å². The summed E-state index contributed by atoms with van der Waals surface area (Å²) in [5.74, 6) is 0.853. The van der Waals surface area contributed by atoms with Gasteiger partial charge in [-0.05, 0) is 52.8 Å². The van der Waals surface area contributed by atoms with Crippen LogP contribution in [-0.4, -0.2) is 6.61 Å². The Balaban J connectivity index is 2.01. The summed E-state index contributed by atoms with van der Waals surface area (Å²) in [6.07, 6.45) is 1.48. The largest absolute Gasteiger partial charge is 0.493 e. The van der Waals surface area contributed by atoms with Crippen LogP contribution in [0.4, 0.5) is 0 Å². The Morgan fingerprint density at radius 3 is 2.65 bits per heavy atom. The number of para-hydroxylation sites is 1. The fourth-order valence-corrected chi connectivity index (χ4v) is 3.11. The second-order valence-corrected chi connectivity index (χ2v) is 6.34. The number of rotatable bonds is 2. The molecule has 1 aliphatic rings. The molecule has 1 heterocycles. The van der Waals surface area contributed by atoms with Crippen LogP contribution in [0.1, 0.15) is 17.5 Å². The molecule has 0 aliphatic carbocycles. The molecule has 0 saturated heterocycles. The van der Waals surface area contributed by atoms with Gasteiger partial charge in [-0.2, -0.15) is 5.26 Å². The van der Waals surface area contributed by atoms with Crippen molar-refractivity contribution in [3.8, 4) is 11.8 Å². The van der Waals surface area contributed by atoms with E-state index in [2.05, 4.69) is 52.9 Å². The molecule has 0 N–H and O–H groups in total. The van der Waals surface area contributed by atoms with Crippen LogP contribution in [-0.2, 0) is 11.8 Å². The molecule has 1 unspecified atom stereocenters. The summed E-state index contributed by atoms with van der Waals surface area (Å²) in [6, 6.07) is 18.9. The zero-order chi connectivity index (χ0) is 14.0. The van der Waals surface area contributed by atoms with Crippen LogP contribution in [0.3, 0.4) is 0 Å². The number of nitrogens with zero attached hydrogens (tertiary/aromatic N) is 1. The standard InChI is InChI=1S/C17H14INO/c18-14-7-5-13(6-8-14)11-17(12-19)9-10-20-16-4-2-1-3-15(16)17/h1-8H,9-11H2. The van der Waals surface area contributed by atoms with Gasteiger partial charge in [0.25, 0.3) is 0 Å². The van der Waals surface area contributed by atoms with E-state index in [9.17, 15) is 5.26 Å². The van der Waals surface area contributed by atoms with Crippen molar-refractivity contribution in [2.24, 2.45) is 0 Å². The van der Waals surface area contributed by atoms with Crippen molar-refractivity contribution >= 4 is 22.6 Å². The van der Waals surface area contributed by atoms with Crippen molar-refractivity contribution in [3.63, 3.8) is 0 Å². The molecule has 3 rings (SSSR count). The smallest absolute Gasteiger partial charge is 0.124 e. The Kier molecular flexibility index (Phi) is 3.66. The van der Waals surface area contributed by atoms with E-state index in [-0.39, 0.29) is 0 Å². The third-order valence-electron chi connectivity index (χ3n) is 3.82. The van der Waals surface area contributed by atoms with Crippen LogP contribution in [0.2, 0.25) is 0 Å². The molecule has 0 spiro atoms. The molecule has 2 aromatic carbocycles. The van der Waals surface area contributed by atoms with Crippen LogP contribution in [0, 0.1) is 14.9 Å². The minimum Gasteiger partial charge on any atom is -0.493 e. The van der Waals surface area contributed by atoms with Gasteiger partial charge in [0.05, 0.1) is 18.1 Å². The van der Waals surface area contributed by atoms with E-state index in [4.69, 9.17) is 4.74 Å². The molecule has 2 nitrogen and oxygen atoms in total. The second-order valence-electron chi connectivity index (χ2n) is 5.09. The van der Waals surface area contributed by atoms with Gasteiger partial charge in [0.2, 0.25) is 0 Å². The number of fused-ring (bicyclic) bond motifs is 1. The van der Waals surface area contributed by atoms with Gasteiger partial charge in [-0.25, -0.2) is 0 Å². The number of ether oxygens (including phenoxy) is 1. The van der Waals surface area contributed by atoms with E-state index in [1.54, 1.807) is 0 Å². The van der Waals surface area contributed by atoms with Crippen LogP contribution >= 0.6 is 22.6 Å². The fourth-order valence-electron chi connectivity index (χ4n) is 2.75. The monoisotopic (exact) mass is 375 g/mol. The topological polar surface area (TPSA) is 33.0 Å². The summed E-state index contributed by atoms with van der Waals surface area (Å²) < 4.78 is 6.90. The van der Waals surface area contributed by atoms with Gasteiger partial charge in [-0.1, -0.05) is 30.3 Å². The van der Waals surface area contributed by atoms with Crippen molar-refractivity contribution < 1.29 is 4.74 Å². The van der Waals surface area contributed by atoms with Crippen LogP contribution in [0.15, 0.2) is 48.5 Å². The third kappa shape index (κ3) is 2.40. The van der Waals surface area contributed by atoms with Gasteiger partial charge in [0, 0.05) is 15.6 Å². The van der Waals surface area contributed by atoms with Crippen molar-refractivity contribution in [2.75, 3.05) is 6.61 Å². The molecular weight excluding hydrogens is 361 g/mol. The van der Waals surface area contributed by atoms with E-state index < -0.39 is 5.41 Å². The van der Waals surface area contributed by atoms with Crippen molar-refractivity contribution in [1.82, 2.24) is 0 Å². The predicted octanol–water partition coefficient (Wildman–Crippen LogP) is 4.08. The molecule has 0 saturated carbocycles. The average molecular weight is 375 g/mol. The maximum atomic E-state index is 9.80. The fraction of sp³-hybridized carbons (Fsp3) is 0.235. The van der Waals surface area contributed by atoms with Crippen LogP contribution in [0.5, 0.6) is 5.75 Å². The molecule has 0 fully saturated rings. The SMILES string of the molecule is N#CC1(Cc2ccc(I)cc2)CCOc2ccccc21. The van der Waals surface area contributed by atoms with E-state index in [1.807, 2.05) is 24.3 Å². The lowest BCUT2D eigenvalue weighted by Gasteiger charge is -2.33. The summed E-state index contributed by atoms with van der Waals surface area (Å²) in [7, 11) is 0. The summed E-state index contributed by atoms with van der Waals surface area (Å²) in [5, 5.41) is 9.80. The zero-order valence-electron chi connectivity index (χ0n) is 11.0. The minimum atomic E-state index is -0.471.